The summed E-state index contributed by atoms with van der Waals surface area (Å²) < 4.78 is 63.5. The average molecular weight is 582 g/mol. The van der Waals surface area contributed by atoms with Crippen LogP contribution >= 0.6 is 0 Å². The van der Waals surface area contributed by atoms with Gasteiger partial charge >= 0.3 is 24.3 Å². The molecule has 0 atom stereocenters. The summed E-state index contributed by atoms with van der Waals surface area (Å²) in [6.45, 7) is 6.13. The van der Waals surface area contributed by atoms with Crippen LogP contribution in [0, 0.1) is 11.3 Å². The van der Waals surface area contributed by atoms with Gasteiger partial charge in [-0.05, 0) is 57.3 Å². The first-order valence-corrected chi connectivity index (χ1v) is 12.3. The highest BCUT2D eigenvalue weighted by atomic mass is 19.4. The van der Waals surface area contributed by atoms with Gasteiger partial charge < -0.3 is 24.9 Å². The number of anilines is 1. The Hall–Kier alpha value is -3.61. The molecule has 10 nitrogen and oxygen atoms in total. The molecule has 2 N–H and O–H groups in total. The van der Waals surface area contributed by atoms with E-state index >= 15 is 0 Å². The lowest BCUT2D eigenvalue weighted by Crippen LogP contribution is -2.54. The van der Waals surface area contributed by atoms with Gasteiger partial charge in [0.1, 0.15) is 11.9 Å². The van der Waals surface area contributed by atoms with Crippen molar-refractivity contribution >= 4 is 23.7 Å². The maximum Gasteiger partial charge on any atom is 0.490 e. The first-order chi connectivity index (χ1) is 18.6. The molecule has 4 rings (SSSR count). The zero-order chi connectivity index (χ0) is 30.1. The van der Waals surface area contributed by atoms with E-state index in [1.165, 1.54) is 25.9 Å². The van der Waals surface area contributed by atoms with Crippen LogP contribution < -0.4 is 4.90 Å². The molecule has 1 aromatic rings. The van der Waals surface area contributed by atoms with Crippen LogP contribution in [0.1, 0.15) is 44.1 Å². The lowest BCUT2D eigenvalue weighted by molar-refractivity contribution is -0.193. The van der Waals surface area contributed by atoms with Crippen LogP contribution in [-0.2, 0) is 14.4 Å². The summed E-state index contributed by atoms with van der Waals surface area (Å²) in [5, 5.41) is 23.2. The number of piperidine rings is 1. The maximum absolute atomic E-state index is 12.5. The Morgan fingerprint density at radius 3 is 1.88 bits per heavy atom. The van der Waals surface area contributed by atoms with Crippen molar-refractivity contribution in [2.45, 2.75) is 56.4 Å². The number of carboxylic acids is 2. The Morgan fingerprint density at radius 1 is 0.925 bits per heavy atom. The third-order valence-electron chi connectivity index (χ3n) is 6.90. The van der Waals surface area contributed by atoms with Crippen LogP contribution in [0.5, 0.6) is 0 Å². The molecule has 222 valence electrons. The molecular formula is C24H29F6N5O5. The predicted octanol–water partition coefficient (Wildman–Crippen LogP) is 3.28. The second kappa shape index (κ2) is 13.6. The molecule has 1 spiro atoms. The summed E-state index contributed by atoms with van der Waals surface area (Å²) >= 11 is 0. The van der Waals surface area contributed by atoms with Gasteiger partial charge in [-0.3, -0.25) is 4.79 Å². The number of hydrogen-bond acceptors (Lipinski definition) is 7. The molecule has 1 amide bonds. The van der Waals surface area contributed by atoms with Crippen molar-refractivity contribution in [3.05, 3.63) is 23.9 Å². The smallest absolute Gasteiger partial charge is 0.475 e. The van der Waals surface area contributed by atoms with Crippen molar-refractivity contribution in [2.75, 3.05) is 44.2 Å². The number of amides is 1. The zero-order valence-corrected chi connectivity index (χ0v) is 21.3. The van der Waals surface area contributed by atoms with E-state index in [0.29, 0.717) is 17.9 Å². The SMILES string of the molecule is N#Cc1ccc(N2CCC3(CCC(=O)N3CCN3CCCC3)CC2)nc1.O=C(O)C(F)(F)F.O=C(O)C(F)(F)F. The molecule has 1 aromatic heterocycles. The monoisotopic (exact) mass is 581 g/mol. The van der Waals surface area contributed by atoms with Crippen LogP contribution in [0.3, 0.4) is 0 Å². The zero-order valence-electron chi connectivity index (χ0n) is 21.3. The number of carbonyl (C=O) groups is 3. The number of aliphatic carboxylic acids is 2. The van der Waals surface area contributed by atoms with Crippen LogP contribution in [0.2, 0.25) is 0 Å². The fraction of sp³-hybridized carbons (Fsp3) is 0.625. The van der Waals surface area contributed by atoms with E-state index in [2.05, 4.69) is 25.8 Å². The van der Waals surface area contributed by atoms with E-state index in [1.54, 1.807) is 6.20 Å². The first-order valence-electron chi connectivity index (χ1n) is 12.3. The largest absolute Gasteiger partial charge is 0.490 e. The number of rotatable bonds is 4. The van der Waals surface area contributed by atoms with Crippen LogP contribution in [-0.4, -0.2) is 100 Å². The van der Waals surface area contributed by atoms with Crippen molar-refractivity contribution in [1.82, 2.24) is 14.8 Å². The van der Waals surface area contributed by atoms with Gasteiger partial charge in [-0.25, -0.2) is 14.6 Å². The Balaban J connectivity index is 0.000000333. The van der Waals surface area contributed by atoms with E-state index in [0.717, 1.165) is 51.3 Å². The topological polar surface area (TPSA) is 138 Å². The summed E-state index contributed by atoms with van der Waals surface area (Å²) in [6.07, 6.45) is -2.20. The molecule has 0 radical (unpaired) electrons. The van der Waals surface area contributed by atoms with Gasteiger partial charge in [0, 0.05) is 44.3 Å². The summed E-state index contributed by atoms with van der Waals surface area (Å²) in [5.74, 6) is -4.24. The highest BCUT2D eigenvalue weighted by molar-refractivity contribution is 5.80. The van der Waals surface area contributed by atoms with Crippen LogP contribution in [0.15, 0.2) is 18.3 Å². The highest BCUT2D eigenvalue weighted by Crippen LogP contribution is 2.39. The van der Waals surface area contributed by atoms with Crippen molar-refractivity contribution in [3.63, 3.8) is 0 Å². The lowest BCUT2D eigenvalue weighted by Gasteiger charge is -2.45. The number of pyridine rings is 1. The average Bonchev–Trinajstić information content (AvgIpc) is 3.51. The van der Waals surface area contributed by atoms with Gasteiger partial charge in [-0.1, -0.05) is 0 Å². The molecule has 0 saturated carbocycles. The second-order valence-corrected chi connectivity index (χ2v) is 9.43. The molecule has 3 aliphatic heterocycles. The van der Waals surface area contributed by atoms with Crippen molar-refractivity contribution in [3.8, 4) is 6.07 Å². The third-order valence-corrected chi connectivity index (χ3v) is 6.90. The summed E-state index contributed by atoms with van der Waals surface area (Å²) in [7, 11) is 0. The fourth-order valence-corrected chi connectivity index (χ4v) is 4.79. The molecule has 4 heterocycles. The second-order valence-electron chi connectivity index (χ2n) is 9.43. The van der Waals surface area contributed by atoms with Crippen molar-refractivity contribution in [2.24, 2.45) is 0 Å². The molecule has 0 aromatic carbocycles. The minimum absolute atomic E-state index is 0.0555. The molecule has 16 heteroatoms. The van der Waals surface area contributed by atoms with Crippen LogP contribution in [0.4, 0.5) is 32.2 Å². The first kappa shape index (κ1) is 32.6. The molecule has 40 heavy (non-hydrogen) atoms. The van der Waals surface area contributed by atoms with Gasteiger partial charge in [0.2, 0.25) is 5.91 Å². The number of alkyl halides is 6. The number of hydrogen-bond donors (Lipinski definition) is 2. The minimum atomic E-state index is -5.08. The van der Waals surface area contributed by atoms with Gasteiger partial charge in [-0.15, -0.1) is 0 Å². The van der Waals surface area contributed by atoms with Crippen molar-refractivity contribution < 1.29 is 50.9 Å². The van der Waals surface area contributed by atoms with Gasteiger partial charge in [0.15, 0.2) is 0 Å². The Bertz CT molecular complexity index is 1040. The van der Waals surface area contributed by atoms with E-state index in [-0.39, 0.29) is 5.54 Å². The molecule has 3 aliphatic rings. The minimum Gasteiger partial charge on any atom is -0.475 e. The van der Waals surface area contributed by atoms with E-state index < -0.39 is 24.3 Å². The third kappa shape index (κ3) is 9.25. The van der Waals surface area contributed by atoms with Gasteiger partial charge in [0.05, 0.1) is 5.56 Å². The lowest BCUT2D eigenvalue weighted by atomic mass is 9.85. The standard InChI is InChI=1S/C20H27N5O.2C2HF3O2/c21-15-17-3-4-18(22-16-17)24-11-7-20(8-12-24)6-5-19(26)25(20)14-13-23-9-1-2-10-23;2*3-2(4,5)1(6)7/h3-4,16H,1-2,5-14H2;2*(H,6,7). The Kier molecular flexibility index (Phi) is 11.1. The summed E-state index contributed by atoms with van der Waals surface area (Å²) in [5.41, 5.74) is 0.650. The number of halogens is 6. The molecule has 3 fully saturated rings. The molecule has 0 aliphatic carbocycles. The molecule has 0 bridgehead atoms. The predicted molar refractivity (Wildman–Crippen MR) is 127 cm³/mol. The Labute approximate surface area is 225 Å². The van der Waals surface area contributed by atoms with Crippen molar-refractivity contribution in [1.29, 1.82) is 5.26 Å². The molecule has 0 unspecified atom stereocenters. The maximum atomic E-state index is 12.5. The number of likely N-dealkylation sites (tertiary alicyclic amines) is 2. The van der Waals surface area contributed by atoms with E-state index in [1.807, 2.05) is 12.1 Å². The number of carboxylic acid groups (broad SMARTS) is 2. The number of nitriles is 1. The highest BCUT2D eigenvalue weighted by Gasteiger charge is 2.47. The summed E-state index contributed by atoms with van der Waals surface area (Å²) in [6, 6.07) is 5.87. The van der Waals surface area contributed by atoms with Gasteiger partial charge in [0.25, 0.3) is 0 Å². The van der Waals surface area contributed by atoms with E-state index in [4.69, 9.17) is 25.1 Å². The normalized spacial score (nSPS) is 18.9. The van der Waals surface area contributed by atoms with E-state index in [9.17, 15) is 31.1 Å². The summed E-state index contributed by atoms with van der Waals surface area (Å²) in [4.78, 5) is 41.7. The van der Waals surface area contributed by atoms with Crippen LogP contribution in [0.25, 0.3) is 0 Å². The van der Waals surface area contributed by atoms with Gasteiger partial charge in [-0.2, -0.15) is 31.6 Å². The fourth-order valence-electron chi connectivity index (χ4n) is 4.79. The number of nitrogens with zero attached hydrogens (tertiary/aromatic N) is 5. The molecule has 3 saturated heterocycles. The number of carbonyl (C=O) groups excluding carboxylic acids is 1. The quantitative estimate of drug-likeness (QED) is 0.513. The number of aromatic nitrogens is 1. The Morgan fingerprint density at radius 2 is 1.45 bits per heavy atom. The molecular weight excluding hydrogens is 552 g/mol.